The summed E-state index contributed by atoms with van der Waals surface area (Å²) in [5.74, 6) is -3.59. The van der Waals surface area contributed by atoms with Crippen LogP contribution in [0.25, 0.3) is 0 Å². The van der Waals surface area contributed by atoms with Crippen molar-refractivity contribution < 1.29 is 23.1 Å². The lowest BCUT2D eigenvalue weighted by Crippen LogP contribution is -2.26. The Bertz CT molecular complexity index is 492. The minimum atomic E-state index is -1.27. The van der Waals surface area contributed by atoms with Gasteiger partial charge in [0.15, 0.2) is 11.6 Å². The maximum Gasteiger partial charge on any atom is 0.340 e. The van der Waals surface area contributed by atoms with Crippen molar-refractivity contribution in [3.63, 3.8) is 0 Å². The molecular formula is C12H14F2N2O3. The van der Waals surface area contributed by atoms with E-state index >= 15 is 0 Å². The Labute approximate surface area is 108 Å². The first-order chi connectivity index (χ1) is 8.97. The van der Waals surface area contributed by atoms with Crippen LogP contribution in [-0.4, -0.2) is 32.1 Å². The quantitative estimate of drug-likeness (QED) is 0.626. The molecule has 0 atom stereocenters. The van der Waals surface area contributed by atoms with Crippen LogP contribution in [0.3, 0.4) is 0 Å². The fraction of sp³-hybridized carbons (Fsp3) is 0.333. The van der Waals surface area contributed by atoms with Gasteiger partial charge in [-0.05, 0) is 12.1 Å². The highest BCUT2D eigenvalue weighted by molar-refractivity contribution is 5.90. The monoisotopic (exact) mass is 272 g/mol. The molecule has 0 heterocycles. The highest BCUT2D eigenvalue weighted by atomic mass is 19.2. The first kappa shape index (κ1) is 14.9. The van der Waals surface area contributed by atoms with Crippen LogP contribution in [0, 0.1) is 11.6 Å². The third-order valence-electron chi connectivity index (χ3n) is 2.30. The number of ether oxygens (including phenoxy) is 1. The smallest absolute Gasteiger partial charge is 0.340 e. The van der Waals surface area contributed by atoms with E-state index in [2.05, 4.69) is 15.4 Å². The number of benzene rings is 1. The Morgan fingerprint density at radius 3 is 2.47 bits per heavy atom. The average molecular weight is 272 g/mol. The number of halogens is 2. The molecule has 5 nitrogen and oxygen atoms in total. The maximum atomic E-state index is 13.6. The van der Waals surface area contributed by atoms with Crippen LogP contribution < -0.4 is 10.6 Å². The van der Waals surface area contributed by atoms with Gasteiger partial charge in [-0.1, -0.05) is 0 Å². The Kier molecular flexibility index (Phi) is 5.23. The number of anilines is 1. The van der Waals surface area contributed by atoms with Crippen LogP contribution in [0.5, 0.6) is 0 Å². The van der Waals surface area contributed by atoms with Crippen LogP contribution in [0.1, 0.15) is 17.3 Å². The Balaban J connectivity index is 2.74. The molecule has 0 fully saturated rings. The number of methoxy groups -OCH3 is 1. The van der Waals surface area contributed by atoms with E-state index in [-0.39, 0.29) is 24.7 Å². The summed E-state index contributed by atoms with van der Waals surface area (Å²) >= 11 is 0. The maximum absolute atomic E-state index is 13.6. The van der Waals surface area contributed by atoms with E-state index in [1.807, 2.05) is 0 Å². The van der Waals surface area contributed by atoms with Crippen molar-refractivity contribution in [2.24, 2.45) is 0 Å². The number of esters is 1. The molecular weight excluding hydrogens is 258 g/mol. The van der Waals surface area contributed by atoms with E-state index in [0.717, 1.165) is 13.2 Å². The fourth-order valence-electron chi connectivity index (χ4n) is 1.39. The van der Waals surface area contributed by atoms with Crippen LogP contribution in [0.2, 0.25) is 0 Å². The van der Waals surface area contributed by atoms with Gasteiger partial charge in [-0.2, -0.15) is 0 Å². The van der Waals surface area contributed by atoms with Gasteiger partial charge in [0.25, 0.3) is 0 Å². The number of hydrogen-bond donors (Lipinski definition) is 2. The molecule has 7 heteroatoms. The van der Waals surface area contributed by atoms with E-state index in [1.54, 1.807) is 0 Å². The molecule has 0 aliphatic heterocycles. The lowest BCUT2D eigenvalue weighted by molar-refractivity contribution is -0.118. The van der Waals surface area contributed by atoms with Crippen molar-refractivity contribution >= 4 is 17.6 Å². The van der Waals surface area contributed by atoms with Crippen molar-refractivity contribution in [3.05, 3.63) is 29.3 Å². The van der Waals surface area contributed by atoms with E-state index in [9.17, 15) is 18.4 Å². The molecule has 0 radical (unpaired) electrons. The Morgan fingerprint density at radius 2 is 1.89 bits per heavy atom. The summed E-state index contributed by atoms with van der Waals surface area (Å²) in [5, 5.41) is 5.11. The van der Waals surface area contributed by atoms with Gasteiger partial charge in [0.1, 0.15) is 0 Å². The zero-order chi connectivity index (χ0) is 14.4. The van der Waals surface area contributed by atoms with Gasteiger partial charge < -0.3 is 15.4 Å². The first-order valence-electron chi connectivity index (χ1n) is 5.52. The molecule has 0 spiro atoms. The summed E-state index contributed by atoms with van der Waals surface area (Å²) in [7, 11) is 1.08. The minimum absolute atomic E-state index is 0.0875. The number of rotatable bonds is 5. The summed E-state index contributed by atoms with van der Waals surface area (Å²) in [6.07, 6.45) is 0. The summed E-state index contributed by atoms with van der Waals surface area (Å²) in [6, 6.07) is 2.36. The third-order valence-corrected chi connectivity index (χ3v) is 2.30. The molecule has 0 saturated carbocycles. The van der Waals surface area contributed by atoms with E-state index in [1.165, 1.54) is 13.0 Å². The predicted octanol–water partition coefficient (Wildman–Crippen LogP) is 1.30. The molecule has 0 aromatic heterocycles. The fourth-order valence-corrected chi connectivity index (χ4v) is 1.39. The zero-order valence-electron chi connectivity index (χ0n) is 10.5. The number of carbonyl (C=O) groups excluding carboxylic acids is 2. The van der Waals surface area contributed by atoms with Crippen molar-refractivity contribution in [2.75, 3.05) is 25.5 Å². The van der Waals surface area contributed by atoms with Gasteiger partial charge in [-0.3, -0.25) is 4.79 Å². The molecule has 2 N–H and O–H groups in total. The van der Waals surface area contributed by atoms with E-state index in [4.69, 9.17) is 0 Å². The SMILES string of the molecule is COC(=O)c1ccc(NCCNC(C)=O)c(F)c1F. The standard InChI is InChI=1S/C12H14F2N2O3/c1-7(17)15-5-6-16-9-4-3-8(12(18)19-2)10(13)11(9)14/h3-4,16H,5-6H2,1-2H3,(H,15,17). The molecule has 0 aliphatic carbocycles. The molecule has 0 unspecified atom stereocenters. The molecule has 19 heavy (non-hydrogen) atoms. The number of carbonyl (C=O) groups is 2. The molecule has 1 aromatic rings. The van der Waals surface area contributed by atoms with Crippen LogP contribution in [0.4, 0.5) is 14.5 Å². The van der Waals surface area contributed by atoms with Crippen LogP contribution >= 0.6 is 0 Å². The summed E-state index contributed by atoms with van der Waals surface area (Å²) in [6.45, 7) is 1.86. The molecule has 1 rings (SSSR count). The van der Waals surface area contributed by atoms with Gasteiger partial charge >= 0.3 is 5.97 Å². The molecule has 1 amide bonds. The summed E-state index contributed by atoms with van der Waals surface area (Å²) < 4.78 is 31.5. The Hall–Kier alpha value is -2.18. The highest BCUT2D eigenvalue weighted by Gasteiger charge is 2.18. The topological polar surface area (TPSA) is 67.4 Å². The lowest BCUT2D eigenvalue weighted by atomic mass is 10.2. The molecule has 0 saturated heterocycles. The highest BCUT2D eigenvalue weighted by Crippen LogP contribution is 2.20. The minimum Gasteiger partial charge on any atom is -0.465 e. The molecule has 1 aromatic carbocycles. The van der Waals surface area contributed by atoms with Gasteiger partial charge in [0.05, 0.1) is 18.4 Å². The average Bonchev–Trinajstić information content (AvgIpc) is 2.38. The van der Waals surface area contributed by atoms with E-state index in [0.29, 0.717) is 0 Å². The molecule has 0 aliphatic rings. The van der Waals surface area contributed by atoms with E-state index < -0.39 is 23.2 Å². The van der Waals surface area contributed by atoms with Crippen molar-refractivity contribution in [3.8, 4) is 0 Å². The molecule has 0 bridgehead atoms. The van der Waals surface area contributed by atoms with Crippen LogP contribution in [0.15, 0.2) is 12.1 Å². The van der Waals surface area contributed by atoms with Gasteiger partial charge in [0, 0.05) is 20.0 Å². The van der Waals surface area contributed by atoms with Gasteiger partial charge in [0.2, 0.25) is 5.91 Å². The second-order valence-electron chi connectivity index (χ2n) is 3.69. The van der Waals surface area contributed by atoms with Gasteiger partial charge in [-0.15, -0.1) is 0 Å². The number of amides is 1. The third kappa shape index (κ3) is 3.90. The lowest BCUT2D eigenvalue weighted by Gasteiger charge is -2.10. The zero-order valence-corrected chi connectivity index (χ0v) is 10.5. The van der Waals surface area contributed by atoms with Gasteiger partial charge in [-0.25, -0.2) is 13.6 Å². The summed E-state index contributed by atoms with van der Waals surface area (Å²) in [4.78, 5) is 21.7. The van der Waals surface area contributed by atoms with Crippen molar-refractivity contribution in [1.29, 1.82) is 0 Å². The first-order valence-corrected chi connectivity index (χ1v) is 5.52. The van der Waals surface area contributed by atoms with Crippen LogP contribution in [-0.2, 0) is 9.53 Å². The van der Waals surface area contributed by atoms with Crippen molar-refractivity contribution in [1.82, 2.24) is 5.32 Å². The normalized spacial score (nSPS) is 9.89. The van der Waals surface area contributed by atoms with Crippen molar-refractivity contribution in [2.45, 2.75) is 6.92 Å². The predicted molar refractivity (Wildman–Crippen MR) is 64.9 cm³/mol. The summed E-state index contributed by atoms with van der Waals surface area (Å²) in [5.41, 5.74) is -0.553. The number of nitrogens with one attached hydrogen (secondary N) is 2. The Morgan fingerprint density at radius 1 is 1.21 bits per heavy atom. The number of hydrogen-bond acceptors (Lipinski definition) is 4. The second kappa shape index (κ2) is 6.67. The second-order valence-corrected chi connectivity index (χ2v) is 3.69. The largest absolute Gasteiger partial charge is 0.465 e. The molecule has 104 valence electrons.